The molecule has 0 unspecified atom stereocenters. The Morgan fingerprint density at radius 1 is 1.00 bits per heavy atom. The Kier molecular flexibility index (Phi) is 9.61. The maximum atomic E-state index is 13.2. The van der Waals surface area contributed by atoms with E-state index < -0.39 is 22.0 Å². The van der Waals surface area contributed by atoms with Crippen LogP contribution >= 0.6 is 0 Å². The number of aryl methyl sites for hydroxylation is 1. The van der Waals surface area contributed by atoms with Gasteiger partial charge in [-0.2, -0.15) is 4.31 Å². The van der Waals surface area contributed by atoms with Crippen molar-refractivity contribution in [1.29, 1.82) is 0 Å². The lowest BCUT2D eigenvalue weighted by atomic mass is 10.1. The van der Waals surface area contributed by atoms with Crippen LogP contribution in [0.5, 0.6) is 0 Å². The summed E-state index contributed by atoms with van der Waals surface area (Å²) in [5.74, 6) is -0.675. The summed E-state index contributed by atoms with van der Waals surface area (Å²) in [7, 11) is -2.45. The third kappa shape index (κ3) is 7.40. The maximum Gasteiger partial charge on any atom is 0.243 e. The van der Waals surface area contributed by atoms with Crippen molar-refractivity contribution in [2.24, 2.45) is 0 Å². The van der Waals surface area contributed by atoms with Gasteiger partial charge in [-0.3, -0.25) is 9.59 Å². The van der Waals surface area contributed by atoms with E-state index in [1.54, 1.807) is 19.1 Å². The van der Waals surface area contributed by atoms with Gasteiger partial charge in [0.2, 0.25) is 21.8 Å². The molecule has 2 aromatic carbocycles. The Labute approximate surface area is 197 Å². The molecule has 0 aliphatic carbocycles. The third-order valence-electron chi connectivity index (χ3n) is 5.74. The first-order chi connectivity index (χ1) is 15.6. The Morgan fingerprint density at radius 2 is 1.61 bits per heavy atom. The van der Waals surface area contributed by atoms with Crippen molar-refractivity contribution in [2.45, 2.75) is 57.5 Å². The van der Waals surface area contributed by atoms with Gasteiger partial charge in [0.15, 0.2) is 0 Å². The van der Waals surface area contributed by atoms with Crippen molar-refractivity contribution < 1.29 is 18.0 Å². The molecule has 8 heteroatoms. The van der Waals surface area contributed by atoms with Crippen molar-refractivity contribution in [3.63, 3.8) is 0 Å². The van der Waals surface area contributed by atoms with E-state index in [-0.39, 0.29) is 23.4 Å². The molecule has 7 nitrogen and oxygen atoms in total. The molecule has 2 atom stereocenters. The predicted molar refractivity (Wildman–Crippen MR) is 130 cm³/mol. The van der Waals surface area contributed by atoms with E-state index in [2.05, 4.69) is 5.32 Å². The molecule has 0 saturated carbocycles. The number of carbonyl (C=O) groups is 2. The number of hydrogen-bond donors (Lipinski definition) is 1. The molecule has 0 aliphatic heterocycles. The molecule has 0 saturated heterocycles. The van der Waals surface area contributed by atoms with Gasteiger partial charge in [-0.1, -0.05) is 55.0 Å². The number of likely N-dealkylation sites (N-methyl/N-ethyl adjacent to an activating group) is 1. The van der Waals surface area contributed by atoms with Crippen LogP contribution in [0.15, 0.2) is 59.5 Å². The molecule has 2 amide bonds. The fourth-order valence-electron chi connectivity index (χ4n) is 3.29. The average molecular weight is 474 g/mol. The van der Waals surface area contributed by atoms with Gasteiger partial charge in [-0.25, -0.2) is 8.42 Å². The third-order valence-corrected chi connectivity index (χ3v) is 7.56. The second kappa shape index (κ2) is 12.0. The second-order valence-electron chi connectivity index (χ2n) is 8.39. The smallest absolute Gasteiger partial charge is 0.243 e. The minimum atomic E-state index is -3.84. The summed E-state index contributed by atoms with van der Waals surface area (Å²) in [5.41, 5.74) is 1.98. The van der Waals surface area contributed by atoms with Gasteiger partial charge in [-0.15, -0.1) is 0 Å². The van der Waals surface area contributed by atoms with E-state index in [9.17, 15) is 18.0 Å². The Hall–Kier alpha value is -2.71. The number of nitrogens with one attached hydrogen (secondary N) is 1. The van der Waals surface area contributed by atoms with E-state index in [1.807, 2.05) is 51.1 Å². The molecular formula is C25H35N3O4S. The van der Waals surface area contributed by atoms with Crippen LogP contribution in [0.1, 0.15) is 38.3 Å². The zero-order valence-corrected chi connectivity index (χ0v) is 20.9. The van der Waals surface area contributed by atoms with E-state index in [1.165, 1.54) is 24.1 Å². The minimum Gasteiger partial charge on any atom is -0.352 e. The quantitative estimate of drug-likeness (QED) is 0.544. The van der Waals surface area contributed by atoms with Gasteiger partial charge in [-0.05, 0) is 51.3 Å². The second-order valence-corrected chi connectivity index (χ2v) is 10.4. The lowest BCUT2D eigenvalue weighted by molar-refractivity contribution is -0.140. The highest BCUT2D eigenvalue weighted by Gasteiger charge is 2.30. The normalized spacial score (nSPS) is 13.4. The summed E-state index contributed by atoms with van der Waals surface area (Å²) in [6.07, 6.45) is 1.33. The van der Waals surface area contributed by atoms with Crippen molar-refractivity contribution in [3.8, 4) is 0 Å². The fourth-order valence-corrected chi connectivity index (χ4v) is 4.41. The van der Waals surface area contributed by atoms with Crippen molar-refractivity contribution in [1.82, 2.24) is 14.5 Å². The molecule has 0 aromatic heterocycles. The van der Waals surface area contributed by atoms with Crippen molar-refractivity contribution >= 4 is 21.8 Å². The molecule has 0 bridgehead atoms. The van der Waals surface area contributed by atoms with Gasteiger partial charge in [0.25, 0.3) is 0 Å². The number of rotatable bonds is 11. The number of sulfonamides is 1. The molecule has 0 fully saturated rings. The maximum absolute atomic E-state index is 13.2. The monoisotopic (exact) mass is 473 g/mol. The van der Waals surface area contributed by atoms with Gasteiger partial charge < -0.3 is 10.2 Å². The molecule has 0 radical (unpaired) electrons. The predicted octanol–water partition coefficient (Wildman–Crippen LogP) is 2.99. The van der Waals surface area contributed by atoms with Crippen LogP contribution in [-0.4, -0.2) is 61.7 Å². The molecule has 0 aliphatic rings. The van der Waals surface area contributed by atoms with E-state index >= 15 is 0 Å². The summed E-state index contributed by atoms with van der Waals surface area (Å²) < 4.78 is 26.9. The van der Waals surface area contributed by atoms with Crippen LogP contribution in [0.3, 0.4) is 0 Å². The first kappa shape index (κ1) is 26.5. The van der Waals surface area contributed by atoms with Crippen LogP contribution in [0.4, 0.5) is 0 Å². The fraction of sp³-hybridized carbons (Fsp3) is 0.440. The number of benzene rings is 2. The Bertz CT molecular complexity index is 1020. The summed E-state index contributed by atoms with van der Waals surface area (Å²) in [6, 6.07) is 15.4. The molecule has 0 spiro atoms. The van der Waals surface area contributed by atoms with Crippen LogP contribution in [0, 0.1) is 6.92 Å². The topological polar surface area (TPSA) is 86.8 Å². The standard InChI is InChI=1S/C25H35N3O4S/c1-6-20(3)26-25(30)21(4)28(17-16-22-10-8-7-9-11-22)24(29)18-27(5)33(31,32)23-14-12-19(2)13-15-23/h7-15,20-21H,6,16-18H2,1-5H3,(H,26,30)/t20-,21-/m1/s1. The first-order valence-corrected chi connectivity index (χ1v) is 12.7. The van der Waals surface area contributed by atoms with Crippen LogP contribution in [-0.2, 0) is 26.0 Å². The van der Waals surface area contributed by atoms with Crippen LogP contribution < -0.4 is 5.32 Å². The van der Waals surface area contributed by atoms with Gasteiger partial charge in [0.1, 0.15) is 6.04 Å². The summed E-state index contributed by atoms with van der Waals surface area (Å²) in [4.78, 5) is 27.6. The van der Waals surface area contributed by atoms with Gasteiger partial charge in [0.05, 0.1) is 11.4 Å². The Balaban J connectivity index is 2.20. The van der Waals surface area contributed by atoms with Crippen LogP contribution in [0.25, 0.3) is 0 Å². The summed E-state index contributed by atoms with van der Waals surface area (Å²) in [5, 5.41) is 2.91. The molecular weight excluding hydrogens is 438 g/mol. The number of carbonyl (C=O) groups excluding carboxylic acids is 2. The van der Waals surface area contributed by atoms with Crippen molar-refractivity contribution in [2.75, 3.05) is 20.1 Å². The van der Waals surface area contributed by atoms with Gasteiger partial charge >= 0.3 is 0 Å². The number of hydrogen-bond acceptors (Lipinski definition) is 4. The summed E-state index contributed by atoms with van der Waals surface area (Å²) in [6.45, 7) is 7.37. The molecule has 33 heavy (non-hydrogen) atoms. The highest BCUT2D eigenvalue weighted by atomic mass is 32.2. The molecule has 180 valence electrons. The van der Waals surface area contributed by atoms with Gasteiger partial charge in [0, 0.05) is 19.6 Å². The summed E-state index contributed by atoms with van der Waals surface area (Å²) >= 11 is 0. The number of nitrogens with zero attached hydrogens (tertiary/aromatic N) is 2. The average Bonchev–Trinajstić information content (AvgIpc) is 2.79. The van der Waals surface area contributed by atoms with E-state index in [0.717, 1.165) is 21.9 Å². The molecule has 2 rings (SSSR count). The molecule has 0 heterocycles. The SMILES string of the molecule is CC[C@@H](C)NC(=O)[C@@H](C)N(CCc1ccccc1)C(=O)CN(C)S(=O)(=O)c1ccc(C)cc1. The molecule has 2 aromatic rings. The highest BCUT2D eigenvalue weighted by Crippen LogP contribution is 2.16. The van der Waals surface area contributed by atoms with Crippen molar-refractivity contribution in [3.05, 3.63) is 65.7 Å². The number of amides is 2. The zero-order valence-electron chi connectivity index (χ0n) is 20.1. The minimum absolute atomic E-state index is 0.0179. The highest BCUT2D eigenvalue weighted by molar-refractivity contribution is 7.89. The molecule has 1 N–H and O–H groups in total. The van der Waals surface area contributed by atoms with E-state index in [0.29, 0.717) is 13.0 Å². The lowest BCUT2D eigenvalue weighted by Crippen LogP contribution is -2.52. The lowest BCUT2D eigenvalue weighted by Gasteiger charge is -2.31. The van der Waals surface area contributed by atoms with E-state index in [4.69, 9.17) is 0 Å². The van der Waals surface area contributed by atoms with Crippen LogP contribution in [0.2, 0.25) is 0 Å². The first-order valence-electron chi connectivity index (χ1n) is 11.2. The largest absolute Gasteiger partial charge is 0.352 e. The Morgan fingerprint density at radius 3 is 2.18 bits per heavy atom. The zero-order chi connectivity index (χ0) is 24.6.